The number of esters is 1. The molecule has 1 aliphatic carbocycles. The molecule has 98 valence electrons. The van der Waals surface area contributed by atoms with E-state index in [1.807, 2.05) is 0 Å². The lowest BCUT2D eigenvalue weighted by atomic mass is 10.2. The Kier molecular flexibility index (Phi) is 3.80. The molecule has 1 aliphatic rings. The zero-order chi connectivity index (χ0) is 13.3. The minimum atomic E-state index is -1.07. The molecule has 0 amide bonds. The highest BCUT2D eigenvalue weighted by atomic mass is 35.5. The van der Waals surface area contributed by atoms with Crippen molar-refractivity contribution in [3.05, 3.63) is 35.6 Å². The lowest BCUT2D eigenvalue weighted by Gasteiger charge is -2.05. The number of ether oxygens (including phenoxy) is 1. The summed E-state index contributed by atoms with van der Waals surface area (Å²) in [7, 11) is 0. The number of aliphatic hydroxyl groups is 1. The van der Waals surface area contributed by atoms with E-state index >= 15 is 0 Å². The molecule has 0 spiro atoms. The maximum absolute atomic E-state index is 13.3. The van der Waals surface area contributed by atoms with E-state index in [0.717, 1.165) is 0 Å². The fourth-order valence-electron chi connectivity index (χ4n) is 1.81. The highest BCUT2D eigenvalue weighted by Crippen LogP contribution is 2.58. The van der Waals surface area contributed by atoms with Gasteiger partial charge in [0, 0.05) is 18.4 Å². The molecule has 18 heavy (non-hydrogen) atoms. The number of benzene rings is 1. The van der Waals surface area contributed by atoms with Crippen molar-refractivity contribution in [3.8, 4) is 0 Å². The van der Waals surface area contributed by atoms with Crippen molar-refractivity contribution in [1.82, 2.24) is 0 Å². The van der Waals surface area contributed by atoms with Crippen molar-refractivity contribution in [2.24, 2.45) is 11.8 Å². The number of alkyl halides is 2. The van der Waals surface area contributed by atoms with Crippen LogP contribution in [-0.4, -0.2) is 28.6 Å². The van der Waals surface area contributed by atoms with Crippen molar-refractivity contribution in [2.75, 3.05) is 13.2 Å². The van der Waals surface area contributed by atoms with Crippen LogP contribution in [0.4, 0.5) is 4.39 Å². The molecule has 2 atom stereocenters. The number of carbonyl (C=O) groups excluding carboxylic acids is 1. The first-order valence-electron chi connectivity index (χ1n) is 5.38. The summed E-state index contributed by atoms with van der Waals surface area (Å²) < 4.78 is 17.2. The van der Waals surface area contributed by atoms with Gasteiger partial charge in [-0.15, -0.1) is 23.2 Å². The zero-order valence-corrected chi connectivity index (χ0v) is 10.8. The minimum absolute atomic E-state index is 0.0363. The lowest BCUT2D eigenvalue weighted by Crippen LogP contribution is -2.11. The van der Waals surface area contributed by atoms with Crippen LogP contribution in [0.25, 0.3) is 0 Å². The number of aliphatic hydroxyl groups excluding tert-OH is 1. The number of hydrogen-bond donors (Lipinski definition) is 1. The Morgan fingerprint density at radius 2 is 2.06 bits per heavy atom. The van der Waals surface area contributed by atoms with E-state index in [4.69, 9.17) is 33.0 Å². The van der Waals surface area contributed by atoms with Crippen molar-refractivity contribution < 1.29 is 19.0 Å². The van der Waals surface area contributed by atoms with Gasteiger partial charge in [-0.1, -0.05) is 12.1 Å². The molecule has 0 saturated heterocycles. The molecule has 0 bridgehead atoms. The van der Waals surface area contributed by atoms with Crippen LogP contribution in [0.2, 0.25) is 0 Å². The summed E-state index contributed by atoms with van der Waals surface area (Å²) in [6.45, 7) is -0.208. The summed E-state index contributed by atoms with van der Waals surface area (Å²) >= 11 is 11.7. The third-order valence-corrected chi connectivity index (χ3v) is 4.17. The van der Waals surface area contributed by atoms with Crippen molar-refractivity contribution in [1.29, 1.82) is 0 Å². The molecular weight excluding hydrogens is 282 g/mol. The first-order chi connectivity index (χ1) is 8.48. The van der Waals surface area contributed by atoms with Crippen LogP contribution in [0.15, 0.2) is 24.3 Å². The predicted octanol–water partition coefficient (Wildman–Crippen LogP) is 2.39. The Balaban J connectivity index is 1.93. The average Bonchev–Trinajstić information content (AvgIpc) is 2.87. The van der Waals surface area contributed by atoms with Crippen LogP contribution in [-0.2, 0) is 4.74 Å². The molecular formula is C12H11Cl2FO3. The van der Waals surface area contributed by atoms with E-state index in [1.54, 1.807) is 6.07 Å². The van der Waals surface area contributed by atoms with E-state index in [9.17, 15) is 9.18 Å². The molecule has 1 saturated carbocycles. The van der Waals surface area contributed by atoms with E-state index in [2.05, 4.69) is 0 Å². The maximum atomic E-state index is 13.3. The van der Waals surface area contributed by atoms with Crippen LogP contribution < -0.4 is 0 Å². The van der Waals surface area contributed by atoms with Gasteiger partial charge in [0.05, 0.1) is 12.2 Å². The largest absolute Gasteiger partial charge is 0.462 e. The predicted molar refractivity (Wildman–Crippen MR) is 65.2 cm³/mol. The number of hydrogen-bond acceptors (Lipinski definition) is 3. The molecule has 0 unspecified atom stereocenters. The number of rotatable bonds is 4. The normalized spacial score (nSPS) is 24.7. The molecule has 1 fully saturated rings. The van der Waals surface area contributed by atoms with Crippen molar-refractivity contribution in [2.45, 2.75) is 4.33 Å². The van der Waals surface area contributed by atoms with Gasteiger partial charge in [-0.3, -0.25) is 0 Å². The van der Waals surface area contributed by atoms with Crippen LogP contribution in [0.5, 0.6) is 0 Å². The van der Waals surface area contributed by atoms with Gasteiger partial charge >= 0.3 is 5.97 Å². The average molecular weight is 293 g/mol. The summed E-state index contributed by atoms with van der Waals surface area (Å²) in [6.07, 6.45) is 0. The maximum Gasteiger partial charge on any atom is 0.341 e. The van der Waals surface area contributed by atoms with Crippen LogP contribution in [0, 0.1) is 17.7 Å². The molecule has 1 N–H and O–H groups in total. The van der Waals surface area contributed by atoms with Crippen LogP contribution in [0.3, 0.4) is 0 Å². The van der Waals surface area contributed by atoms with Crippen molar-refractivity contribution in [3.63, 3.8) is 0 Å². The van der Waals surface area contributed by atoms with E-state index < -0.39 is 16.1 Å². The second-order valence-electron chi connectivity index (χ2n) is 4.15. The summed E-state index contributed by atoms with van der Waals surface area (Å²) in [5, 5.41) is 8.97. The Bertz CT molecular complexity index is 464. The van der Waals surface area contributed by atoms with E-state index in [-0.39, 0.29) is 30.6 Å². The Hall–Kier alpha value is -0.840. The van der Waals surface area contributed by atoms with E-state index in [0.29, 0.717) is 0 Å². The SMILES string of the molecule is O=C(OC[C@H]1[C@H](CO)C1(Cl)Cl)c1ccccc1F. The van der Waals surface area contributed by atoms with Gasteiger partial charge < -0.3 is 9.84 Å². The fraction of sp³-hybridized carbons (Fsp3) is 0.417. The molecule has 0 aliphatic heterocycles. The molecule has 0 radical (unpaired) electrons. The summed E-state index contributed by atoms with van der Waals surface area (Å²) in [4.78, 5) is 11.6. The molecule has 3 nitrogen and oxygen atoms in total. The highest BCUT2D eigenvalue weighted by Gasteiger charge is 2.63. The standard InChI is InChI=1S/C12H11Cl2FO3/c13-12(14)8(5-16)9(12)6-18-11(17)7-3-1-2-4-10(7)15/h1-4,8-9,16H,5-6H2/t8-,9-/m0/s1. The van der Waals surface area contributed by atoms with Gasteiger partial charge in [0.25, 0.3) is 0 Å². The van der Waals surface area contributed by atoms with Gasteiger partial charge in [-0.25, -0.2) is 9.18 Å². The number of carbonyl (C=O) groups is 1. The smallest absolute Gasteiger partial charge is 0.341 e. The second-order valence-corrected chi connectivity index (χ2v) is 5.59. The monoisotopic (exact) mass is 292 g/mol. The third kappa shape index (κ3) is 2.46. The summed E-state index contributed by atoms with van der Waals surface area (Å²) in [5.41, 5.74) is -0.131. The van der Waals surface area contributed by atoms with Gasteiger partial charge in [0.2, 0.25) is 0 Å². The molecule has 2 rings (SSSR count). The highest BCUT2D eigenvalue weighted by molar-refractivity contribution is 6.51. The lowest BCUT2D eigenvalue weighted by molar-refractivity contribution is 0.0469. The summed E-state index contributed by atoms with van der Waals surface area (Å²) in [5.74, 6) is -2.03. The second kappa shape index (κ2) is 5.03. The van der Waals surface area contributed by atoms with Gasteiger partial charge in [0.15, 0.2) is 0 Å². The van der Waals surface area contributed by atoms with Gasteiger partial charge in [-0.05, 0) is 12.1 Å². The quantitative estimate of drug-likeness (QED) is 0.685. The van der Waals surface area contributed by atoms with E-state index in [1.165, 1.54) is 18.2 Å². The molecule has 1 aromatic carbocycles. The molecule has 0 heterocycles. The first kappa shape index (κ1) is 13.6. The molecule has 0 aromatic heterocycles. The third-order valence-electron chi connectivity index (χ3n) is 3.05. The van der Waals surface area contributed by atoms with Gasteiger partial charge in [-0.2, -0.15) is 0 Å². The Morgan fingerprint density at radius 3 is 2.61 bits per heavy atom. The van der Waals surface area contributed by atoms with Crippen LogP contribution in [0.1, 0.15) is 10.4 Å². The zero-order valence-electron chi connectivity index (χ0n) is 9.28. The summed E-state index contributed by atoms with van der Waals surface area (Å²) in [6, 6.07) is 5.54. The molecule has 6 heteroatoms. The Morgan fingerprint density at radius 1 is 1.39 bits per heavy atom. The Labute approximate surface area is 113 Å². The number of halogens is 3. The minimum Gasteiger partial charge on any atom is -0.462 e. The topological polar surface area (TPSA) is 46.5 Å². The first-order valence-corrected chi connectivity index (χ1v) is 6.14. The molecule has 1 aromatic rings. The van der Waals surface area contributed by atoms with Gasteiger partial charge in [0.1, 0.15) is 10.2 Å². The van der Waals surface area contributed by atoms with Crippen LogP contribution >= 0.6 is 23.2 Å². The van der Waals surface area contributed by atoms with Crippen molar-refractivity contribution >= 4 is 29.2 Å². The fourth-order valence-corrected chi connectivity index (χ4v) is 2.55.